The highest BCUT2D eigenvalue weighted by Crippen LogP contribution is 2.15. The Hall–Kier alpha value is -2.28. The first-order valence-electron chi connectivity index (χ1n) is 9.32. The Labute approximate surface area is 166 Å². The van der Waals surface area contributed by atoms with Crippen molar-refractivity contribution in [1.29, 1.82) is 0 Å². The maximum atomic E-state index is 12.9. The minimum Gasteiger partial charge on any atom is -0.323 e. The number of nitrogens with one attached hydrogen (secondary N) is 1. The molecule has 27 heavy (non-hydrogen) atoms. The van der Waals surface area contributed by atoms with E-state index in [1.54, 1.807) is 15.9 Å². The summed E-state index contributed by atoms with van der Waals surface area (Å²) in [6, 6.07) is 8.63. The fourth-order valence-corrected chi connectivity index (χ4v) is 3.00. The summed E-state index contributed by atoms with van der Waals surface area (Å²) >= 11 is 1.34. The molecule has 0 radical (unpaired) electrons. The number of benzene rings is 1. The van der Waals surface area contributed by atoms with E-state index in [0.29, 0.717) is 36.2 Å². The number of rotatable bonds is 8. The van der Waals surface area contributed by atoms with Crippen molar-refractivity contribution >= 4 is 34.7 Å². The van der Waals surface area contributed by atoms with Crippen molar-refractivity contribution in [2.24, 2.45) is 4.99 Å². The zero-order chi connectivity index (χ0) is 20.1. The topological polar surface area (TPSA) is 65.0 Å². The van der Waals surface area contributed by atoms with E-state index in [1.807, 2.05) is 44.2 Å². The molecule has 0 spiro atoms. The number of nitrogens with zero attached hydrogens (tertiary/aromatic N) is 3. The van der Waals surface area contributed by atoms with E-state index in [9.17, 15) is 9.59 Å². The fraction of sp³-hybridized carbons (Fsp3) is 0.450. The predicted molar refractivity (Wildman–Crippen MR) is 115 cm³/mol. The molecular weight excluding hydrogens is 360 g/mol. The number of aliphatic imine (C=N–C) groups is 1. The van der Waals surface area contributed by atoms with Gasteiger partial charge in [-0.05, 0) is 32.4 Å². The Morgan fingerprint density at radius 2 is 1.85 bits per heavy atom. The van der Waals surface area contributed by atoms with Gasteiger partial charge in [0.1, 0.15) is 0 Å². The molecule has 1 aromatic rings. The highest BCUT2D eigenvalue weighted by atomic mass is 32.2. The number of unbranched alkanes of at least 4 members (excludes halogenated alkanes) is 1. The number of para-hydroxylation sites is 1. The van der Waals surface area contributed by atoms with Gasteiger partial charge in [0, 0.05) is 31.1 Å². The van der Waals surface area contributed by atoms with Crippen LogP contribution in [0.2, 0.25) is 0 Å². The number of carbonyl (C=O) groups is 2. The molecule has 4 amide bonds. The van der Waals surface area contributed by atoms with Crippen LogP contribution in [0.4, 0.5) is 15.3 Å². The molecule has 0 saturated heterocycles. The van der Waals surface area contributed by atoms with Gasteiger partial charge in [0.25, 0.3) is 0 Å². The lowest BCUT2D eigenvalue weighted by atomic mass is 10.3. The van der Waals surface area contributed by atoms with Crippen LogP contribution in [-0.4, -0.2) is 52.4 Å². The quantitative estimate of drug-likeness (QED) is 0.383. The van der Waals surface area contributed by atoms with Gasteiger partial charge in [0.05, 0.1) is 0 Å². The van der Waals surface area contributed by atoms with Crippen LogP contribution < -0.4 is 5.32 Å². The third kappa shape index (κ3) is 7.86. The Bertz CT molecular complexity index is 630. The molecule has 0 aliphatic heterocycles. The third-order valence-electron chi connectivity index (χ3n) is 3.79. The van der Waals surface area contributed by atoms with Gasteiger partial charge < -0.3 is 10.2 Å². The van der Waals surface area contributed by atoms with Crippen LogP contribution in [-0.2, 0) is 0 Å². The molecule has 0 bridgehead atoms. The van der Waals surface area contributed by atoms with Gasteiger partial charge in [0.15, 0.2) is 5.17 Å². The fourth-order valence-electron chi connectivity index (χ4n) is 2.26. The van der Waals surface area contributed by atoms with Crippen LogP contribution in [0.3, 0.4) is 0 Å². The Balaban J connectivity index is 3.11. The molecule has 148 valence electrons. The lowest BCUT2D eigenvalue weighted by Crippen LogP contribution is -2.40. The number of thioether (sulfide) groups is 1. The minimum atomic E-state index is -0.333. The lowest BCUT2D eigenvalue weighted by molar-refractivity contribution is 0.213. The van der Waals surface area contributed by atoms with Crippen molar-refractivity contribution in [3.8, 4) is 0 Å². The molecule has 1 N–H and O–H groups in total. The Morgan fingerprint density at radius 1 is 1.19 bits per heavy atom. The monoisotopic (exact) mass is 390 g/mol. The van der Waals surface area contributed by atoms with Crippen molar-refractivity contribution in [3.63, 3.8) is 0 Å². The molecule has 0 aliphatic rings. The SMILES string of the molecule is C=CCSC(=NC(=O)N(CC)CC)N(CCCC)C(=O)Nc1ccccc1. The highest BCUT2D eigenvalue weighted by Gasteiger charge is 2.22. The average molecular weight is 391 g/mol. The van der Waals surface area contributed by atoms with E-state index in [2.05, 4.69) is 23.8 Å². The lowest BCUT2D eigenvalue weighted by Gasteiger charge is -2.25. The molecule has 0 fully saturated rings. The van der Waals surface area contributed by atoms with E-state index >= 15 is 0 Å². The molecule has 0 saturated carbocycles. The zero-order valence-corrected chi connectivity index (χ0v) is 17.3. The van der Waals surface area contributed by atoms with Gasteiger partial charge in [-0.2, -0.15) is 4.99 Å². The average Bonchev–Trinajstić information content (AvgIpc) is 2.67. The summed E-state index contributed by atoms with van der Waals surface area (Å²) in [5.74, 6) is 0.561. The summed E-state index contributed by atoms with van der Waals surface area (Å²) in [7, 11) is 0. The molecule has 7 heteroatoms. The maximum absolute atomic E-state index is 12.9. The Kier molecular flexibility index (Phi) is 10.9. The first-order valence-corrected chi connectivity index (χ1v) is 10.3. The molecule has 0 aliphatic carbocycles. The summed E-state index contributed by atoms with van der Waals surface area (Å²) in [5.41, 5.74) is 0.701. The second kappa shape index (κ2) is 13.0. The van der Waals surface area contributed by atoms with E-state index in [4.69, 9.17) is 0 Å². The number of amidine groups is 1. The van der Waals surface area contributed by atoms with Gasteiger partial charge in [-0.25, -0.2) is 9.59 Å². The summed E-state index contributed by atoms with van der Waals surface area (Å²) in [4.78, 5) is 32.8. The first kappa shape index (κ1) is 22.8. The van der Waals surface area contributed by atoms with Crippen LogP contribution >= 0.6 is 11.8 Å². The number of urea groups is 2. The number of hydrogen-bond acceptors (Lipinski definition) is 3. The van der Waals surface area contributed by atoms with Gasteiger partial charge >= 0.3 is 12.1 Å². The van der Waals surface area contributed by atoms with Crippen LogP contribution in [0.25, 0.3) is 0 Å². The van der Waals surface area contributed by atoms with Crippen molar-refractivity contribution in [2.75, 3.05) is 30.7 Å². The third-order valence-corrected chi connectivity index (χ3v) is 4.76. The number of hydrogen-bond donors (Lipinski definition) is 1. The number of anilines is 1. The van der Waals surface area contributed by atoms with E-state index < -0.39 is 0 Å². The predicted octanol–water partition coefficient (Wildman–Crippen LogP) is 5.06. The molecule has 1 aromatic carbocycles. The van der Waals surface area contributed by atoms with Gasteiger partial charge in [-0.3, -0.25) is 4.90 Å². The van der Waals surface area contributed by atoms with Crippen LogP contribution in [0, 0.1) is 0 Å². The van der Waals surface area contributed by atoms with Crippen molar-refractivity contribution in [3.05, 3.63) is 43.0 Å². The first-order chi connectivity index (χ1) is 13.1. The molecule has 6 nitrogen and oxygen atoms in total. The van der Waals surface area contributed by atoms with E-state index in [-0.39, 0.29) is 12.1 Å². The van der Waals surface area contributed by atoms with Crippen LogP contribution in [0.1, 0.15) is 33.6 Å². The molecule has 0 heterocycles. The van der Waals surface area contributed by atoms with Gasteiger partial charge in [0.2, 0.25) is 0 Å². The largest absolute Gasteiger partial charge is 0.345 e. The highest BCUT2D eigenvalue weighted by molar-refractivity contribution is 8.14. The molecule has 1 rings (SSSR count). The molecule has 0 unspecified atom stereocenters. The summed E-state index contributed by atoms with van der Waals surface area (Å²) < 4.78 is 0. The van der Waals surface area contributed by atoms with Gasteiger partial charge in [-0.1, -0.05) is 49.4 Å². The summed E-state index contributed by atoms with van der Waals surface area (Å²) in [6.45, 7) is 11.2. The Morgan fingerprint density at radius 3 is 2.41 bits per heavy atom. The second-order valence-electron chi connectivity index (χ2n) is 5.75. The van der Waals surface area contributed by atoms with Crippen molar-refractivity contribution in [1.82, 2.24) is 9.80 Å². The number of carbonyl (C=O) groups excluding carboxylic acids is 2. The normalized spacial score (nSPS) is 11.0. The summed E-state index contributed by atoms with van der Waals surface area (Å²) in [5, 5.41) is 3.28. The van der Waals surface area contributed by atoms with Crippen molar-refractivity contribution < 1.29 is 9.59 Å². The maximum Gasteiger partial charge on any atom is 0.345 e. The second-order valence-corrected chi connectivity index (χ2v) is 6.74. The summed E-state index contributed by atoms with van der Waals surface area (Å²) in [6.07, 6.45) is 3.48. The van der Waals surface area contributed by atoms with E-state index in [1.165, 1.54) is 11.8 Å². The minimum absolute atomic E-state index is 0.294. The zero-order valence-electron chi connectivity index (χ0n) is 16.5. The van der Waals surface area contributed by atoms with Gasteiger partial charge in [-0.15, -0.1) is 6.58 Å². The standard InChI is InChI=1S/C20H30N4O2S/c1-5-9-15-24(19(26)21-17-13-11-10-12-14-17)20(27-16-6-2)22-18(25)23(7-3)8-4/h6,10-14H,2,5,7-9,15-16H2,1,3-4H3,(H,21,26). The van der Waals surface area contributed by atoms with E-state index in [0.717, 1.165) is 12.8 Å². The van der Waals surface area contributed by atoms with Crippen molar-refractivity contribution in [2.45, 2.75) is 33.6 Å². The molecule has 0 aromatic heterocycles. The molecule has 0 atom stereocenters. The smallest absolute Gasteiger partial charge is 0.323 e. The van der Waals surface area contributed by atoms with Crippen LogP contribution in [0.15, 0.2) is 48.0 Å². The number of amides is 4. The van der Waals surface area contributed by atoms with Crippen LogP contribution in [0.5, 0.6) is 0 Å². The molecular formula is C20H30N4O2S.